The second-order valence-electron chi connectivity index (χ2n) is 5.04. The fourth-order valence-electron chi connectivity index (χ4n) is 1.50. The van der Waals surface area contributed by atoms with E-state index in [0.717, 1.165) is 12.8 Å². The standard InChI is InChI=1S/C10H22N2O3S/c1-9(2)7-11-16(14,15)12-8-10(3-4-10)5-6-13/h9,11-13H,3-8H2,1-2H3. The average molecular weight is 250 g/mol. The van der Waals surface area contributed by atoms with Gasteiger partial charge in [-0.15, -0.1) is 0 Å². The molecule has 0 heterocycles. The molecule has 0 saturated heterocycles. The van der Waals surface area contributed by atoms with Crippen molar-refractivity contribution in [1.29, 1.82) is 0 Å². The summed E-state index contributed by atoms with van der Waals surface area (Å²) in [4.78, 5) is 0. The van der Waals surface area contributed by atoms with Gasteiger partial charge in [-0.05, 0) is 30.6 Å². The van der Waals surface area contributed by atoms with Gasteiger partial charge in [-0.2, -0.15) is 8.42 Å². The van der Waals surface area contributed by atoms with E-state index in [1.54, 1.807) is 0 Å². The maximum atomic E-state index is 11.5. The molecule has 0 aromatic carbocycles. The lowest BCUT2D eigenvalue weighted by Gasteiger charge is -2.15. The topological polar surface area (TPSA) is 78.4 Å². The lowest BCUT2D eigenvalue weighted by Crippen LogP contribution is -2.41. The van der Waals surface area contributed by atoms with Crippen molar-refractivity contribution in [2.45, 2.75) is 33.1 Å². The Morgan fingerprint density at radius 3 is 2.38 bits per heavy atom. The van der Waals surface area contributed by atoms with Gasteiger partial charge in [0.2, 0.25) is 0 Å². The van der Waals surface area contributed by atoms with Crippen molar-refractivity contribution in [2.24, 2.45) is 11.3 Å². The molecule has 1 fully saturated rings. The molecule has 0 atom stereocenters. The van der Waals surface area contributed by atoms with E-state index in [1.807, 2.05) is 13.8 Å². The molecular formula is C10H22N2O3S. The van der Waals surface area contributed by atoms with Crippen molar-refractivity contribution in [1.82, 2.24) is 9.44 Å². The van der Waals surface area contributed by atoms with Crippen molar-refractivity contribution in [3.05, 3.63) is 0 Å². The van der Waals surface area contributed by atoms with Crippen LogP contribution in [0.5, 0.6) is 0 Å². The summed E-state index contributed by atoms with van der Waals surface area (Å²) >= 11 is 0. The molecule has 0 aliphatic heterocycles. The van der Waals surface area contributed by atoms with Crippen LogP contribution in [-0.4, -0.2) is 33.2 Å². The summed E-state index contributed by atoms with van der Waals surface area (Å²) in [6.45, 7) is 4.91. The van der Waals surface area contributed by atoms with E-state index >= 15 is 0 Å². The molecule has 1 aliphatic carbocycles. The highest BCUT2D eigenvalue weighted by molar-refractivity contribution is 7.87. The lowest BCUT2D eigenvalue weighted by atomic mass is 10.0. The van der Waals surface area contributed by atoms with E-state index < -0.39 is 10.2 Å². The van der Waals surface area contributed by atoms with Crippen LogP contribution in [0.3, 0.4) is 0 Å². The van der Waals surface area contributed by atoms with Gasteiger partial charge in [-0.3, -0.25) is 0 Å². The fourth-order valence-corrected chi connectivity index (χ4v) is 2.66. The van der Waals surface area contributed by atoms with Gasteiger partial charge in [0, 0.05) is 19.7 Å². The molecule has 0 aromatic rings. The normalized spacial score (nSPS) is 19.0. The van der Waals surface area contributed by atoms with Gasteiger partial charge in [-0.1, -0.05) is 13.8 Å². The fraction of sp³-hybridized carbons (Fsp3) is 1.00. The molecule has 1 aliphatic rings. The minimum absolute atomic E-state index is 0.0152. The zero-order valence-corrected chi connectivity index (χ0v) is 10.8. The summed E-state index contributed by atoms with van der Waals surface area (Å²) < 4.78 is 28.1. The maximum Gasteiger partial charge on any atom is 0.276 e. The van der Waals surface area contributed by atoms with Gasteiger partial charge in [0.05, 0.1) is 0 Å². The summed E-state index contributed by atoms with van der Waals surface area (Å²) in [7, 11) is -3.37. The van der Waals surface area contributed by atoms with E-state index in [-0.39, 0.29) is 12.0 Å². The highest BCUT2D eigenvalue weighted by Gasteiger charge is 2.42. The Hall–Kier alpha value is -0.170. The molecule has 16 heavy (non-hydrogen) atoms. The highest BCUT2D eigenvalue weighted by Crippen LogP contribution is 2.47. The van der Waals surface area contributed by atoms with Crippen LogP contribution in [0.25, 0.3) is 0 Å². The second-order valence-corrected chi connectivity index (χ2v) is 6.62. The third kappa shape index (κ3) is 4.78. The molecule has 0 bridgehead atoms. The Labute approximate surface area is 97.8 Å². The number of nitrogens with one attached hydrogen (secondary N) is 2. The number of hydrogen-bond donors (Lipinski definition) is 3. The third-order valence-electron chi connectivity index (χ3n) is 2.92. The summed E-state index contributed by atoms with van der Waals surface area (Å²) in [6, 6.07) is 0. The Morgan fingerprint density at radius 2 is 1.94 bits per heavy atom. The van der Waals surface area contributed by atoms with Gasteiger partial charge in [-0.25, -0.2) is 9.44 Å². The Bertz CT molecular complexity index is 310. The zero-order valence-electron chi connectivity index (χ0n) is 9.99. The van der Waals surface area contributed by atoms with E-state index in [1.165, 1.54) is 0 Å². The van der Waals surface area contributed by atoms with Gasteiger partial charge < -0.3 is 5.11 Å². The minimum Gasteiger partial charge on any atom is -0.396 e. The molecular weight excluding hydrogens is 228 g/mol. The first-order chi connectivity index (χ1) is 7.39. The quantitative estimate of drug-likeness (QED) is 0.577. The molecule has 1 saturated carbocycles. The van der Waals surface area contributed by atoms with Crippen molar-refractivity contribution < 1.29 is 13.5 Å². The first-order valence-electron chi connectivity index (χ1n) is 5.74. The van der Waals surface area contributed by atoms with Crippen LogP contribution in [0.15, 0.2) is 0 Å². The van der Waals surface area contributed by atoms with Gasteiger partial charge in [0.1, 0.15) is 0 Å². The smallest absolute Gasteiger partial charge is 0.276 e. The number of aliphatic hydroxyl groups is 1. The highest BCUT2D eigenvalue weighted by atomic mass is 32.2. The first-order valence-corrected chi connectivity index (χ1v) is 7.23. The van der Waals surface area contributed by atoms with Crippen LogP contribution in [0.1, 0.15) is 33.1 Å². The van der Waals surface area contributed by atoms with Crippen molar-refractivity contribution >= 4 is 10.2 Å². The van der Waals surface area contributed by atoms with Crippen LogP contribution >= 0.6 is 0 Å². The van der Waals surface area contributed by atoms with Crippen molar-refractivity contribution in [3.8, 4) is 0 Å². The predicted octanol–water partition coefficient (Wildman–Crippen LogP) is 0.229. The van der Waals surface area contributed by atoms with E-state index in [9.17, 15) is 8.42 Å². The second kappa shape index (κ2) is 5.44. The van der Waals surface area contributed by atoms with Crippen LogP contribution in [-0.2, 0) is 10.2 Å². The number of aliphatic hydroxyl groups excluding tert-OH is 1. The molecule has 0 spiro atoms. The molecule has 0 radical (unpaired) electrons. The summed E-state index contributed by atoms with van der Waals surface area (Å²) in [5.74, 6) is 0.295. The monoisotopic (exact) mass is 250 g/mol. The molecule has 6 heteroatoms. The Balaban J connectivity index is 2.31. The number of hydrogen-bond acceptors (Lipinski definition) is 3. The van der Waals surface area contributed by atoms with E-state index in [0.29, 0.717) is 25.4 Å². The summed E-state index contributed by atoms with van der Waals surface area (Å²) in [5.41, 5.74) is 0.0152. The molecule has 0 unspecified atom stereocenters. The van der Waals surface area contributed by atoms with Crippen LogP contribution in [0.4, 0.5) is 0 Å². The van der Waals surface area contributed by atoms with Gasteiger partial charge in [0.25, 0.3) is 10.2 Å². The van der Waals surface area contributed by atoms with Crippen LogP contribution in [0, 0.1) is 11.3 Å². The molecule has 5 nitrogen and oxygen atoms in total. The molecule has 96 valence electrons. The molecule has 1 rings (SSSR count). The molecule has 3 N–H and O–H groups in total. The lowest BCUT2D eigenvalue weighted by molar-refractivity contribution is 0.249. The Morgan fingerprint density at radius 1 is 1.31 bits per heavy atom. The van der Waals surface area contributed by atoms with Crippen molar-refractivity contribution in [3.63, 3.8) is 0 Å². The largest absolute Gasteiger partial charge is 0.396 e. The third-order valence-corrected chi connectivity index (χ3v) is 3.99. The SMILES string of the molecule is CC(C)CNS(=O)(=O)NCC1(CCO)CC1. The Kier molecular flexibility index (Phi) is 4.73. The van der Waals surface area contributed by atoms with Gasteiger partial charge in [0.15, 0.2) is 0 Å². The zero-order chi connectivity index (χ0) is 12.2. The predicted molar refractivity (Wildman–Crippen MR) is 63.1 cm³/mol. The molecule has 0 amide bonds. The van der Waals surface area contributed by atoms with E-state index in [4.69, 9.17) is 5.11 Å². The maximum absolute atomic E-state index is 11.5. The summed E-state index contributed by atoms with van der Waals surface area (Å²) in [5, 5.41) is 8.85. The first kappa shape index (κ1) is 13.9. The van der Waals surface area contributed by atoms with Crippen LogP contribution in [0.2, 0.25) is 0 Å². The van der Waals surface area contributed by atoms with Crippen molar-refractivity contribution in [2.75, 3.05) is 19.7 Å². The summed E-state index contributed by atoms with van der Waals surface area (Å²) in [6.07, 6.45) is 2.68. The van der Waals surface area contributed by atoms with Crippen LogP contribution < -0.4 is 9.44 Å². The number of rotatable bonds is 8. The molecule has 0 aromatic heterocycles. The van der Waals surface area contributed by atoms with E-state index in [2.05, 4.69) is 9.44 Å². The average Bonchev–Trinajstić information content (AvgIpc) is 2.94. The minimum atomic E-state index is -3.37. The van der Waals surface area contributed by atoms with Gasteiger partial charge >= 0.3 is 0 Å².